The van der Waals surface area contributed by atoms with Crippen molar-refractivity contribution in [3.8, 4) is 0 Å². The molecule has 1 aliphatic heterocycles. The molecule has 140 valence electrons. The van der Waals surface area contributed by atoms with Crippen molar-refractivity contribution in [1.82, 2.24) is 0 Å². The summed E-state index contributed by atoms with van der Waals surface area (Å²) in [5.41, 5.74) is 5.11. The first kappa shape index (κ1) is 18.7. The average molecular weight is 380 g/mol. The van der Waals surface area contributed by atoms with Gasteiger partial charge in [0.25, 0.3) is 0 Å². The summed E-state index contributed by atoms with van der Waals surface area (Å²) in [6.07, 6.45) is 4.67. The zero-order chi connectivity index (χ0) is 18.7. The quantitative estimate of drug-likeness (QED) is 0.625. The van der Waals surface area contributed by atoms with Gasteiger partial charge in [-0.3, -0.25) is 10.5 Å². The molecule has 1 heterocycles. The summed E-state index contributed by atoms with van der Waals surface area (Å²) in [6.45, 7) is 0. The molecule has 1 fully saturated rings. The van der Waals surface area contributed by atoms with Gasteiger partial charge < -0.3 is 14.2 Å². The second kappa shape index (κ2) is 7.68. The highest BCUT2D eigenvalue weighted by Crippen LogP contribution is 2.38. The number of carbonyl (C=O) groups is 2. The summed E-state index contributed by atoms with van der Waals surface area (Å²) < 4.78 is 16.3. The second-order valence-electron chi connectivity index (χ2n) is 6.60. The molecule has 1 aromatic rings. The van der Waals surface area contributed by atoms with Crippen LogP contribution in [-0.2, 0) is 29.5 Å². The fourth-order valence-corrected chi connectivity index (χ4v) is 3.76. The number of hydrogen-bond donors (Lipinski definition) is 1. The van der Waals surface area contributed by atoms with E-state index in [1.807, 2.05) is 0 Å². The van der Waals surface area contributed by atoms with Crippen LogP contribution < -0.4 is 5.73 Å². The van der Waals surface area contributed by atoms with Gasteiger partial charge in [0.05, 0.1) is 19.1 Å². The number of benzene rings is 1. The van der Waals surface area contributed by atoms with E-state index in [2.05, 4.69) is 0 Å². The maximum atomic E-state index is 12.8. The van der Waals surface area contributed by atoms with Gasteiger partial charge in [-0.1, -0.05) is 49.1 Å². The second-order valence-corrected chi connectivity index (χ2v) is 7.00. The van der Waals surface area contributed by atoms with E-state index in [4.69, 9.17) is 31.5 Å². The van der Waals surface area contributed by atoms with Gasteiger partial charge in [-0.25, -0.2) is 4.79 Å². The van der Waals surface area contributed by atoms with E-state index in [0.717, 1.165) is 32.1 Å². The Morgan fingerprint density at radius 3 is 2.62 bits per heavy atom. The highest BCUT2D eigenvalue weighted by molar-refractivity contribution is 6.31. The van der Waals surface area contributed by atoms with Crippen LogP contribution >= 0.6 is 11.6 Å². The number of hydrogen-bond acceptors (Lipinski definition) is 6. The van der Waals surface area contributed by atoms with Gasteiger partial charge in [0.1, 0.15) is 5.76 Å². The maximum Gasteiger partial charge on any atom is 0.335 e. The number of halogens is 1. The minimum atomic E-state index is -1.78. The monoisotopic (exact) mass is 379 g/mol. The Morgan fingerprint density at radius 2 is 1.96 bits per heavy atom. The van der Waals surface area contributed by atoms with Crippen LogP contribution in [0, 0.1) is 5.92 Å². The van der Waals surface area contributed by atoms with E-state index < -0.39 is 23.8 Å². The first-order chi connectivity index (χ1) is 12.5. The van der Waals surface area contributed by atoms with Crippen molar-refractivity contribution in [3.63, 3.8) is 0 Å². The molecule has 1 aromatic carbocycles. The molecular weight excluding hydrogens is 358 g/mol. The Hall–Kier alpha value is -2.05. The summed E-state index contributed by atoms with van der Waals surface area (Å²) in [4.78, 5) is 24.6. The van der Waals surface area contributed by atoms with Crippen LogP contribution in [0.4, 0.5) is 0 Å². The van der Waals surface area contributed by atoms with Crippen LogP contribution in [0.2, 0.25) is 5.02 Å². The van der Waals surface area contributed by atoms with Gasteiger partial charge >= 0.3 is 11.9 Å². The summed E-state index contributed by atoms with van der Waals surface area (Å²) in [5, 5.41) is 0.310. The van der Waals surface area contributed by atoms with E-state index in [-0.39, 0.29) is 11.7 Å². The SMILES string of the molecule is COC1=CC(=O)OC1C(N)(OC(=O)C1CCCCC1)c1ccccc1Cl. The number of cyclic esters (lactones) is 1. The third-order valence-corrected chi connectivity index (χ3v) is 5.21. The Labute approximate surface area is 157 Å². The number of methoxy groups -OCH3 is 1. The molecular formula is C19H22ClNO5. The minimum absolute atomic E-state index is 0.189. The number of ether oxygens (including phenoxy) is 3. The van der Waals surface area contributed by atoms with Crippen LogP contribution in [0.25, 0.3) is 0 Å². The van der Waals surface area contributed by atoms with E-state index in [0.29, 0.717) is 10.6 Å². The normalized spacial score (nSPS) is 23.0. The molecule has 0 bridgehead atoms. The molecule has 0 amide bonds. The molecule has 26 heavy (non-hydrogen) atoms. The molecule has 0 saturated heterocycles. The third-order valence-electron chi connectivity index (χ3n) is 4.88. The Bertz CT molecular complexity index is 728. The lowest BCUT2D eigenvalue weighted by molar-refractivity contribution is -0.186. The number of nitrogens with two attached hydrogens (primary N) is 1. The zero-order valence-electron chi connectivity index (χ0n) is 14.6. The Morgan fingerprint density at radius 1 is 1.27 bits per heavy atom. The maximum absolute atomic E-state index is 12.8. The van der Waals surface area contributed by atoms with Gasteiger partial charge in [-0.05, 0) is 18.9 Å². The topological polar surface area (TPSA) is 87.8 Å². The van der Waals surface area contributed by atoms with E-state index >= 15 is 0 Å². The van der Waals surface area contributed by atoms with E-state index in [1.54, 1.807) is 24.3 Å². The van der Waals surface area contributed by atoms with Crippen molar-refractivity contribution < 1.29 is 23.8 Å². The molecule has 2 unspecified atom stereocenters. The van der Waals surface area contributed by atoms with Crippen LogP contribution in [0.5, 0.6) is 0 Å². The van der Waals surface area contributed by atoms with Crippen molar-refractivity contribution in [2.45, 2.75) is 43.9 Å². The molecule has 3 rings (SSSR count). The number of carbonyl (C=O) groups excluding carboxylic acids is 2. The van der Waals surface area contributed by atoms with Gasteiger partial charge in [-0.2, -0.15) is 0 Å². The predicted octanol–water partition coefficient (Wildman–Crippen LogP) is 3.03. The molecule has 2 N–H and O–H groups in total. The molecule has 0 spiro atoms. The highest BCUT2D eigenvalue weighted by Gasteiger charge is 2.50. The lowest BCUT2D eigenvalue weighted by Gasteiger charge is -2.36. The molecule has 2 atom stereocenters. The van der Waals surface area contributed by atoms with Crippen LogP contribution in [-0.4, -0.2) is 25.2 Å². The van der Waals surface area contributed by atoms with Gasteiger partial charge in [0.15, 0.2) is 0 Å². The molecule has 0 radical (unpaired) electrons. The Balaban J connectivity index is 1.96. The van der Waals surface area contributed by atoms with Crippen molar-refractivity contribution in [2.24, 2.45) is 11.7 Å². The molecule has 2 aliphatic rings. The van der Waals surface area contributed by atoms with Crippen molar-refractivity contribution >= 4 is 23.5 Å². The lowest BCUT2D eigenvalue weighted by Crippen LogP contribution is -2.53. The van der Waals surface area contributed by atoms with Crippen LogP contribution in [0.15, 0.2) is 36.1 Å². The third kappa shape index (κ3) is 3.57. The fraction of sp³-hybridized carbons (Fsp3) is 0.474. The Kier molecular flexibility index (Phi) is 5.53. The first-order valence-corrected chi connectivity index (χ1v) is 9.06. The molecule has 6 nitrogen and oxygen atoms in total. The van der Waals surface area contributed by atoms with Gasteiger partial charge in [0.2, 0.25) is 11.8 Å². The number of rotatable bonds is 5. The van der Waals surface area contributed by atoms with Crippen LogP contribution in [0.3, 0.4) is 0 Å². The zero-order valence-corrected chi connectivity index (χ0v) is 15.3. The van der Waals surface area contributed by atoms with E-state index in [9.17, 15) is 9.59 Å². The largest absolute Gasteiger partial charge is 0.497 e. The van der Waals surface area contributed by atoms with Crippen molar-refractivity contribution in [1.29, 1.82) is 0 Å². The summed E-state index contributed by atoms with van der Waals surface area (Å²) in [7, 11) is 1.40. The van der Waals surface area contributed by atoms with Gasteiger partial charge in [0, 0.05) is 10.6 Å². The standard InChI is InChI=1S/C19H22ClNO5/c1-24-15-11-16(22)25-17(15)19(21,13-9-5-6-10-14(13)20)26-18(23)12-7-3-2-4-8-12/h5-6,9-12,17H,2-4,7-8,21H2,1H3. The minimum Gasteiger partial charge on any atom is -0.497 e. The van der Waals surface area contributed by atoms with Gasteiger partial charge in [-0.15, -0.1) is 0 Å². The smallest absolute Gasteiger partial charge is 0.335 e. The molecule has 1 aliphatic carbocycles. The predicted molar refractivity (Wildman–Crippen MR) is 95.0 cm³/mol. The van der Waals surface area contributed by atoms with E-state index in [1.165, 1.54) is 13.2 Å². The number of esters is 2. The summed E-state index contributed by atoms with van der Waals surface area (Å²) in [5.74, 6) is -1.05. The van der Waals surface area contributed by atoms with Crippen molar-refractivity contribution in [3.05, 3.63) is 46.7 Å². The summed E-state index contributed by atoms with van der Waals surface area (Å²) in [6, 6.07) is 6.75. The molecule has 7 heteroatoms. The summed E-state index contributed by atoms with van der Waals surface area (Å²) >= 11 is 6.31. The van der Waals surface area contributed by atoms with Crippen LogP contribution in [0.1, 0.15) is 37.7 Å². The molecule has 0 aromatic heterocycles. The lowest BCUT2D eigenvalue weighted by atomic mass is 9.89. The molecule has 1 saturated carbocycles. The average Bonchev–Trinajstić information content (AvgIpc) is 3.04. The van der Waals surface area contributed by atoms with Crippen molar-refractivity contribution in [2.75, 3.05) is 7.11 Å². The highest BCUT2D eigenvalue weighted by atomic mass is 35.5. The fourth-order valence-electron chi connectivity index (χ4n) is 3.48. The first-order valence-electron chi connectivity index (χ1n) is 8.68.